The van der Waals surface area contributed by atoms with E-state index in [1.165, 1.54) is 0 Å². The summed E-state index contributed by atoms with van der Waals surface area (Å²) in [4.78, 5) is -0.630. The normalized spacial score (nSPS) is 13.5. The predicted molar refractivity (Wildman–Crippen MR) is 70.1 cm³/mol. The fourth-order valence-electron chi connectivity index (χ4n) is 1.65. The maximum absolute atomic E-state index is 13.5. The van der Waals surface area contributed by atoms with Gasteiger partial charge < -0.3 is 5.73 Å². The van der Waals surface area contributed by atoms with Crippen LogP contribution < -0.4 is 10.5 Å². The second-order valence-electron chi connectivity index (χ2n) is 4.47. The Morgan fingerprint density at radius 2 is 1.95 bits per heavy atom. The third-order valence-electron chi connectivity index (χ3n) is 2.69. The summed E-state index contributed by atoms with van der Waals surface area (Å²) in [6.45, 7) is 3.68. The minimum absolute atomic E-state index is 0.323. The van der Waals surface area contributed by atoms with Crippen molar-refractivity contribution >= 4 is 15.7 Å². The van der Waals surface area contributed by atoms with Crippen molar-refractivity contribution in [2.45, 2.75) is 44.0 Å². The van der Waals surface area contributed by atoms with Crippen LogP contribution in [0.5, 0.6) is 0 Å². The summed E-state index contributed by atoms with van der Waals surface area (Å²) in [5, 5.41) is 0. The maximum atomic E-state index is 13.5. The molecule has 0 amide bonds. The van der Waals surface area contributed by atoms with Gasteiger partial charge in [-0.15, -0.1) is 0 Å². The second-order valence-corrected chi connectivity index (χ2v) is 6.15. The molecule has 7 heteroatoms. The lowest BCUT2D eigenvalue weighted by molar-refractivity contribution is 0.520. The van der Waals surface area contributed by atoms with Crippen LogP contribution in [0, 0.1) is 11.6 Å². The molecule has 0 saturated heterocycles. The van der Waals surface area contributed by atoms with Crippen molar-refractivity contribution in [3.63, 3.8) is 0 Å². The number of nitrogen functional groups attached to an aromatic ring is 1. The molecule has 0 saturated carbocycles. The zero-order valence-corrected chi connectivity index (χ0v) is 11.7. The van der Waals surface area contributed by atoms with E-state index in [9.17, 15) is 17.2 Å². The molecule has 0 aliphatic heterocycles. The average Bonchev–Trinajstić information content (AvgIpc) is 2.30. The zero-order valence-electron chi connectivity index (χ0n) is 10.9. The van der Waals surface area contributed by atoms with Crippen LogP contribution in [0.15, 0.2) is 17.0 Å². The van der Waals surface area contributed by atoms with Gasteiger partial charge in [-0.1, -0.05) is 19.8 Å². The molecule has 1 unspecified atom stereocenters. The first-order valence-electron chi connectivity index (χ1n) is 6.04. The fraction of sp³-hybridized carbons (Fsp3) is 0.500. The smallest absolute Gasteiger partial charge is 0.243 e. The maximum Gasteiger partial charge on any atom is 0.243 e. The van der Waals surface area contributed by atoms with Crippen molar-refractivity contribution in [2.24, 2.45) is 0 Å². The molecule has 3 N–H and O–H groups in total. The monoisotopic (exact) mass is 292 g/mol. The van der Waals surface area contributed by atoms with E-state index < -0.39 is 32.2 Å². The van der Waals surface area contributed by atoms with E-state index in [2.05, 4.69) is 4.72 Å². The first-order valence-corrected chi connectivity index (χ1v) is 7.53. The lowest BCUT2D eigenvalue weighted by Crippen LogP contribution is -2.33. The molecular weight excluding hydrogens is 274 g/mol. The van der Waals surface area contributed by atoms with Gasteiger partial charge in [-0.05, 0) is 19.4 Å². The Hall–Kier alpha value is -1.21. The molecule has 0 aliphatic carbocycles. The quantitative estimate of drug-likeness (QED) is 0.791. The molecule has 0 bridgehead atoms. The van der Waals surface area contributed by atoms with Gasteiger partial charge in [0.25, 0.3) is 0 Å². The Morgan fingerprint density at radius 1 is 1.32 bits per heavy atom. The van der Waals surface area contributed by atoms with Crippen LogP contribution >= 0.6 is 0 Å². The van der Waals surface area contributed by atoms with Crippen LogP contribution in [0.4, 0.5) is 14.5 Å². The van der Waals surface area contributed by atoms with Crippen molar-refractivity contribution in [1.29, 1.82) is 0 Å². The summed E-state index contributed by atoms with van der Waals surface area (Å²) in [5.41, 5.74) is 4.86. The number of nitrogens with two attached hydrogens (primary N) is 1. The van der Waals surface area contributed by atoms with E-state index in [0.29, 0.717) is 12.5 Å². The molecule has 19 heavy (non-hydrogen) atoms. The number of halogens is 2. The molecule has 4 nitrogen and oxygen atoms in total. The molecule has 0 spiro atoms. The largest absolute Gasteiger partial charge is 0.396 e. The molecule has 1 rings (SSSR count). The van der Waals surface area contributed by atoms with Crippen molar-refractivity contribution in [2.75, 3.05) is 5.73 Å². The van der Waals surface area contributed by atoms with Crippen LogP contribution in [-0.4, -0.2) is 14.5 Å². The minimum atomic E-state index is -4.03. The van der Waals surface area contributed by atoms with E-state index in [1.54, 1.807) is 6.92 Å². The van der Waals surface area contributed by atoms with Gasteiger partial charge in [0.1, 0.15) is 16.5 Å². The average molecular weight is 292 g/mol. The number of benzene rings is 1. The highest BCUT2D eigenvalue weighted by Gasteiger charge is 2.22. The predicted octanol–water partition coefficient (Wildman–Crippen LogP) is 2.40. The standard InChI is InChI=1S/C12H18F2N2O2S/c1-3-4-5-8(2)16-19(17,18)12-7-11(15)9(13)6-10(12)14/h6-8,16H,3-5,15H2,1-2H3. The molecule has 1 atom stereocenters. The van der Waals surface area contributed by atoms with Gasteiger partial charge in [0.15, 0.2) is 0 Å². The van der Waals surface area contributed by atoms with Gasteiger partial charge in [-0.25, -0.2) is 21.9 Å². The second kappa shape index (κ2) is 6.29. The summed E-state index contributed by atoms with van der Waals surface area (Å²) < 4.78 is 52.8. The zero-order chi connectivity index (χ0) is 14.6. The highest BCUT2D eigenvalue weighted by Crippen LogP contribution is 2.21. The summed E-state index contributed by atoms with van der Waals surface area (Å²) in [7, 11) is -4.03. The van der Waals surface area contributed by atoms with Gasteiger partial charge in [0.05, 0.1) is 5.69 Å². The number of unbranched alkanes of at least 4 members (excludes halogenated alkanes) is 1. The Balaban J connectivity index is 2.98. The molecule has 0 fully saturated rings. The highest BCUT2D eigenvalue weighted by molar-refractivity contribution is 7.89. The molecule has 0 heterocycles. The van der Waals surface area contributed by atoms with Gasteiger partial charge in [-0.3, -0.25) is 0 Å². The molecule has 1 aromatic rings. The minimum Gasteiger partial charge on any atom is -0.396 e. The Bertz CT molecular complexity index is 547. The van der Waals surface area contributed by atoms with Gasteiger partial charge >= 0.3 is 0 Å². The molecule has 0 aliphatic rings. The number of hydrogen-bond acceptors (Lipinski definition) is 3. The first-order chi connectivity index (χ1) is 8.77. The van der Waals surface area contributed by atoms with Gasteiger partial charge in [0.2, 0.25) is 10.0 Å². The van der Waals surface area contributed by atoms with Crippen molar-refractivity contribution in [1.82, 2.24) is 4.72 Å². The van der Waals surface area contributed by atoms with E-state index in [0.717, 1.165) is 18.9 Å². The topological polar surface area (TPSA) is 72.2 Å². The molecule has 1 aromatic carbocycles. The molecular formula is C12H18F2N2O2S. The molecule has 108 valence electrons. The number of anilines is 1. The van der Waals surface area contributed by atoms with Crippen LogP contribution in [0.3, 0.4) is 0 Å². The van der Waals surface area contributed by atoms with Crippen LogP contribution in [-0.2, 0) is 10.0 Å². The van der Waals surface area contributed by atoms with E-state index in [-0.39, 0.29) is 6.04 Å². The fourth-order valence-corrected chi connectivity index (χ4v) is 3.02. The summed E-state index contributed by atoms with van der Waals surface area (Å²) in [5.74, 6) is -2.13. The van der Waals surface area contributed by atoms with Gasteiger partial charge in [0, 0.05) is 12.1 Å². The van der Waals surface area contributed by atoms with Gasteiger partial charge in [-0.2, -0.15) is 0 Å². The Labute approximate surface area is 112 Å². The Morgan fingerprint density at radius 3 is 2.53 bits per heavy atom. The molecule has 0 aromatic heterocycles. The van der Waals surface area contributed by atoms with Crippen molar-refractivity contribution in [3.8, 4) is 0 Å². The lowest BCUT2D eigenvalue weighted by atomic mass is 10.2. The third kappa shape index (κ3) is 4.14. The third-order valence-corrected chi connectivity index (χ3v) is 4.29. The van der Waals surface area contributed by atoms with Crippen LogP contribution in [0.1, 0.15) is 33.1 Å². The molecule has 0 radical (unpaired) electrons. The van der Waals surface area contributed by atoms with E-state index in [4.69, 9.17) is 5.73 Å². The summed E-state index contributed by atoms with van der Waals surface area (Å²) >= 11 is 0. The summed E-state index contributed by atoms with van der Waals surface area (Å²) in [6, 6.07) is 0.941. The Kier molecular flexibility index (Phi) is 5.25. The summed E-state index contributed by atoms with van der Waals surface area (Å²) in [6.07, 6.45) is 2.44. The number of nitrogens with one attached hydrogen (secondary N) is 1. The van der Waals surface area contributed by atoms with Crippen LogP contribution in [0.25, 0.3) is 0 Å². The van der Waals surface area contributed by atoms with E-state index in [1.807, 2.05) is 6.92 Å². The lowest BCUT2D eigenvalue weighted by Gasteiger charge is -2.14. The number of hydrogen-bond donors (Lipinski definition) is 2. The number of sulfonamides is 1. The highest BCUT2D eigenvalue weighted by atomic mass is 32.2. The SMILES string of the molecule is CCCCC(C)NS(=O)(=O)c1cc(N)c(F)cc1F. The van der Waals surface area contributed by atoms with Crippen molar-refractivity contribution < 1.29 is 17.2 Å². The first kappa shape index (κ1) is 15.8. The number of rotatable bonds is 6. The van der Waals surface area contributed by atoms with Crippen molar-refractivity contribution in [3.05, 3.63) is 23.8 Å². The van der Waals surface area contributed by atoms with E-state index >= 15 is 0 Å². The van der Waals surface area contributed by atoms with Crippen LogP contribution in [0.2, 0.25) is 0 Å².